The van der Waals surface area contributed by atoms with Crippen LogP contribution in [-0.2, 0) is 11.2 Å². The van der Waals surface area contributed by atoms with E-state index in [4.69, 9.17) is 0 Å². The zero-order chi connectivity index (χ0) is 12.1. The molecule has 0 radical (unpaired) electrons. The predicted molar refractivity (Wildman–Crippen MR) is 69.0 cm³/mol. The van der Waals surface area contributed by atoms with Gasteiger partial charge in [-0.05, 0) is 25.3 Å². The Morgan fingerprint density at radius 3 is 3.29 bits per heavy atom. The quantitative estimate of drug-likeness (QED) is 0.847. The third kappa shape index (κ3) is 3.78. The van der Waals surface area contributed by atoms with Crippen molar-refractivity contribution < 1.29 is 4.79 Å². The smallest absolute Gasteiger partial charge is 0.237 e. The number of nitrogens with zero attached hydrogens (tertiary/aromatic N) is 1. The van der Waals surface area contributed by atoms with Crippen LogP contribution < -0.4 is 10.6 Å². The maximum absolute atomic E-state index is 11.9. The van der Waals surface area contributed by atoms with Gasteiger partial charge in [-0.3, -0.25) is 4.79 Å². The number of hydrogen-bond acceptors (Lipinski definition) is 4. The molecule has 0 bridgehead atoms. The van der Waals surface area contributed by atoms with Gasteiger partial charge in [0.15, 0.2) is 0 Å². The minimum absolute atomic E-state index is 0.00539. The summed E-state index contributed by atoms with van der Waals surface area (Å²) in [7, 11) is 0. The number of carbonyl (C=O) groups excluding carboxylic acids is 1. The first kappa shape index (κ1) is 12.5. The number of hydrogen-bond donors (Lipinski definition) is 2. The van der Waals surface area contributed by atoms with Gasteiger partial charge in [-0.2, -0.15) is 0 Å². The summed E-state index contributed by atoms with van der Waals surface area (Å²) in [5.74, 6) is 0.775. The molecular formula is C12H19N3OS. The zero-order valence-corrected chi connectivity index (χ0v) is 10.9. The number of aromatic nitrogens is 1. The van der Waals surface area contributed by atoms with Gasteiger partial charge in [0.1, 0.15) is 0 Å². The fraction of sp³-hybridized carbons (Fsp3) is 0.667. The number of rotatable bonds is 4. The lowest BCUT2D eigenvalue weighted by molar-refractivity contribution is -0.124. The molecule has 1 aromatic heterocycles. The fourth-order valence-corrected chi connectivity index (χ4v) is 2.70. The van der Waals surface area contributed by atoms with Crippen LogP contribution >= 0.6 is 11.3 Å². The summed E-state index contributed by atoms with van der Waals surface area (Å²) in [5.41, 5.74) is 2.88. The minimum Gasteiger partial charge on any atom is -0.354 e. The van der Waals surface area contributed by atoms with Crippen LogP contribution in [0.2, 0.25) is 0 Å². The lowest BCUT2D eigenvalue weighted by Crippen LogP contribution is -2.48. The van der Waals surface area contributed by atoms with Crippen LogP contribution in [0, 0.1) is 5.92 Å². The van der Waals surface area contributed by atoms with Gasteiger partial charge in [0, 0.05) is 18.3 Å². The number of nitrogens with one attached hydrogen (secondary N) is 2. The van der Waals surface area contributed by atoms with Crippen molar-refractivity contribution in [3.8, 4) is 0 Å². The van der Waals surface area contributed by atoms with Crippen molar-refractivity contribution in [1.29, 1.82) is 0 Å². The van der Waals surface area contributed by atoms with E-state index in [0.717, 1.165) is 25.1 Å². The van der Waals surface area contributed by atoms with E-state index in [0.29, 0.717) is 12.5 Å². The van der Waals surface area contributed by atoms with Crippen LogP contribution in [0.1, 0.15) is 25.5 Å². The van der Waals surface area contributed by atoms with Gasteiger partial charge in [-0.15, -0.1) is 11.3 Å². The van der Waals surface area contributed by atoms with Crippen LogP contribution in [-0.4, -0.2) is 30.0 Å². The molecule has 2 rings (SSSR count). The second-order valence-electron chi connectivity index (χ2n) is 4.66. The van der Waals surface area contributed by atoms with Crippen molar-refractivity contribution in [2.75, 3.05) is 13.1 Å². The number of amides is 1. The summed E-state index contributed by atoms with van der Waals surface area (Å²) in [6.07, 6.45) is 2.93. The topological polar surface area (TPSA) is 54.0 Å². The molecule has 2 heterocycles. The van der Waals surface area contributed by atoms with E-state index >= 15 is 0 Å². The molecule has 2 atom stereocenters. The molecule has 1 fully saturated rings. The molecular weight excluding hydrogens is 234 g/mol. The maximum Gasteiger partial charge on any atom is 0.237 e. The molecule has 1 aromatic rings. The molecule has 1 amide bonds. The average Bonchev–Trinajstić information content (AvgIpc) is 2.82. The Bertz CT molecular complexity index is 353. The Kier molecular flexibility index (Phi) is 4.50. The molecule has 0 aliphatic carbocycles. The van der Waals surface area contributed by atoms with Crippen LogP contribution in [0.5, 0.6) is 0 Å². The highest BCUT2D eigenvalue weighted by molar-refractivity contribution is 7.07. The molecule has 1 aliphatic rings. The van der Waals surface area contributed by atoms with Crippen molar-refractivity contribution in [3.63, 3.8) is 0 Å². The van der Waals surface area contributed by atoms with Crippen molar-refractivity contribution in [3.05, 3.63) is 16.6 Å². The first-order valence-electron chi connectivity index (χ1n) is 6.14. The fourth-order valence-electron chi connectivity index (χ4n) is 2.11. The Hall–Kier alpha value is -0.940. The summed E-state index contributed by atoms with van der Waals surface area (Å²) >= 11 is 1.59. The molecule has 2 unspecified atom stereocenters. The van der Waals surface area contributed by atoms with Crippen molar-refractivity contribution in [2.45, 2.75) is 32.2 Å². The minimum atomic E-state index is -0.00539. The van der Waals surface area contributed by atoms with E-state index in [1.165, 1.54) is 6.42 Å². The third-order valence-electron chi connectivity index (χ3n) is 3.15. The summed E-state index contributed by atoms with van der Waals surface area (Å²) in [4.78, 5) is 16.1. The number of thiazole rings is 1. The Morgan fingerprint density at radius 1 is 1.71 bits per heavy atom. The molecule has 0 spiro atoms. The van der Waals surface area contributed by atoms with E-state index in [-0.39, 0.29) is 11.9 Å². The summed E-state index contributed by atoms with van der Waals surface area (Å²) in [6, 6.07) is -0.00539. The Morgan fingerprint density at radius 2 is 2.59 bits per heavy atom. The molecule has 17 heavy (non-hydrogen) atoms. The zero-order valence-electron chi connectivity index (χ0n) is 10.1. The van der Waals surface area contributed by atoms with Crippen molar-refractivity contribution >= 4 is 17.2 Å². The highest BCUT2D eigenvalue weighted by atomic mass is 32.1. The van der Waals surface area contributed by atoms with E-state index in [2.05, 4.69) is 22.5 Å². The standard InChI is InChI=1S/C12H19N3OS/c1-9-2-4-13-11(6-9)12(16)14-5-3-10-7-17-8-15-10/h7-9,11,13H,2-6H2,1H3,(H,14,16). The van der Waals surface area contributed by atoms with Crippen LogP contribution in [0.4, 0.5) is 0 Å². The highest BCUT2D eigenvalue weighted by Gasteiger charge is 2.23. The first-order valence-corrected chi connectivity index (χ1v) is 7.08. The van der Waals surface area contributed by atoms with Gasteiger partial charge in [0.25, 0.3) is 0 Å². The van der Waals surface area contributed by atoms with Gasteiger partial charge in [-0.25, -0.2) is 4.98 Å². The van der Waals surface area contributed by atoms with E-state index in [1.54, 1.807) is 11.3 Å². The van der Waals surface area contributed by atoms with E-state index in [9.17, 15) is 4.79 Å². The van der Waals surface area contributed by atoms with Crippen molar-refractivity contribution in [1.82, 2.24) is 15.6 Å². The summed E-state index contributed by atoms with van der Waals surface area (Å²) in [5, 5.41) is 8.26. The van der Waals surface area contributed by atoms with Crippen molar-refractivity contribution in [2.24, 2.45) is 5.92 Å². The normalized spacial score (nSPS) is 24.5. The molecule has 1 aliphatic heterocycles. The molecule has 5 heteroatoms. The van der Waals surface area contributed by atoms with E-state index in [1.807, 2.05) is 10.9 Å². The van der Waals surface area contributed by atoms with Crippen LogP contribution in [0.15, 0.2) is 10.9 Å². The monoisotopic (exact) mass is 253 g/mol. The lowest BCUT2D eigenvalue weighted by Gasteiger charge is -2.27. The van der Waals surface area contributed by atoms with Gasteiger partial charge in [0.2, 0.25) is 5.91 Å². The van der Waals surface area contributed by atoms with E-state index < -0.39 is 0 Å². The second kappa shape index (κ2) is 6.12. The van der Waals surface area contributed by atoms with Crippen LogP contribution in [0.25, 0.3) is 0 Å². The number of piperidine rings is 1. The molecule has 1 saturated heterocycles. The summed E-state index contributed by atoms with van der Waals surface area (Å²) < 4.78 is 0. The summed E-state index contributed by atoms with van der Waals surface area (Å²) in [6.45, 7) is 3.83. The average molecular weight is 253 g/mol. The highest BCUT2D eigenvalue weighted by Crippen LogP contribution is 2.14. The van der Waals surface area contributed by atoms with Crippen LogP contribution in [0.3, 0.4) is 0 Å². The third-order valence-corrected chi connectivity index (χ3v) is 3.78. The molecule has 2 N–H and O–H groups in total. The molecule has 94 valence electrons. The second-order valence-corrected chi connectivity index (χ2v) is 5.38. The largest absolute Gasteiger partial charge is 0.354 e. The Labute approximate surface area is 106 Å². The van der Waals surface area contributed by atoms with Gasteiger partial charge < -0.3 is 10.6 Å². The van der Waals surface area contributed by atoms with Gasteiger partial charge >= 0.3 is 0 Å². The number of carbonyl (C=O) groups is 1. The maximum atomic E-state index is 11.9. The Balaban J connectivity index is 1.70. The first-order chi connectivity index (χ1) is 8.25. The van der Waals surface area contributed by atoms with Gasteiger partial charge in [-0.1, -0.05) is 6.92 Å². The lowest BCUT2D eigenvalue weighted by atomic mass is 9.94. The van der Waals surface area contributed by atoms with Gasteiger partial charge in [0.05, 0.1) is 17.2 Å². The molecule has 4 nitrogen and oxygen atoms in total. The SMILES string of the molecule is CC1CCNC(C(=O)NCCc2cscn2)C1. The molecule has 0 saturated carbocycles. The molecule has 0 aromatic carbocycles. The predicted octanol–water partition coefficient (Wildman–Crippen LogP) is 1.19.